The summed E-state index contributed by atoms with van der Waals surface area (Å²) in [6, 6.07) is 8.37. The van der Waals surface area contributed by atoms with E-state index in [0.717, 1.165) is 11.8 Å². The maximum absolute atomic E-state index is 5.31. The van der Waals surface area contributed by atoms with Gasteiger partial charge < -0.3 is 4.74 Å². The largest absolute Gasteiger partial charge is 0.382 e. The van der Waals surface area contributed by atoms with Gasteiger partial charge in [0, 0.05) is 16.9 Å². The molecule has 15 heavy (non-hydrogen) atoms. The average molecular weight is 336 g/mol. The van der Waals surface area contributed by atoms with E-state index in [1.165, 1.54) is 10.0 Å². The molecule has 3 heteroatoms. The van der Waals surface area contributed by atoms with Gasteiger partial charge in [-0.25, -0.2) is 0 Å². The molecule has 0 aliphatic heterocycles. The third-order valence-electron chi connectivity index (χ3n) is 2.55. The number of halogens is 2. The lowest BCUT2D eigenvalue weighted by molar-refractivity contribution is 0.106. The van der Waals surface area contributed by atoms with E-state index in [-0.39, 0.29) is 0 Å². The van der Waals surface area contributed by atoms with Crippen molar-refractivity contribution in [2.75, 3.05) is 12.4 Å². The predicted molar refractivity (Wildman–Crippen MR) is 71.8 cm³/mol. The zero-order valence-electron chi connectivity index (χ0n) is 9.04. The van der Waals surface area contributed by atoms with Gasteiger partial charge >= 0.3 is 0 Å². The smallest absolute Gasteiger partial charge is 0.0549 e. The van der Waals surface area contributed by atoms with Crippen LogP contribution in [-0.4, -0.2) is 18.5 Å². The highest BCUT2D eigenvalue weighted by atomic mass is 79.9. The lowest BCUT2D eigenvalue weighted by Crippen LogP contribution is -2.12. The molecule has 0 saturated carbocycles. The van der Waals surface area contributed by atoms with Gasteiger partial charge in [-0.05, 0) is 30.9 Å². The van der Waals surface area contributed by atoms with Crippen LogP contribution in [0, 0.1) is 0 Å². The summed E-state index contributed by atoms with van der Waals surface area (Å²) in [5.74, 6) is 0.496. The van der Waals surface area contributed by atoms with E-state index in [1.807, 2.05) is 6.07 Å². The van der Waals surface area contributed by atoms with Crippen LogP contribution in [0.25, 0.3) is 0 Å². The maximum Gasteiger partial charge on any atom is 0.0549 e. The Bertz CT molecular complexity index is 301. The van der Waals surface area contributed by atoms with Crippen LogP contribution in [0.5, 0.6) is 0 Å². The summed E-state index contributed by atoms with van der Waals surface area (Å²) in [4.78, 5) is 0. The van der Waals surface area contributed by atoms with E-state index in [4.69, 9.17) is 4.74 Å². The normalized spacial score (nSPS) is 14.9. The highest BCUT2D eigenvalue weighted by Gasteiger charge is 2.15. The molecule has 0 radical (unpaired) electrons. The van der Waals surface area contributed by atoms with Gasteiger partial charge in [0.25, 0.3) is 0 Å². The summed E-state index contributed by atoms with van der Waals surface area (Å²) >= 11 is 7.16. The number of hydrogen-bond acceptors (Lipinski definition) is 1. The van der Waals surface area contributed by atoms with Crippen LogP contribution in [0.1, 0.15) is 24.8 Å². The van der Waals surface area contributed by atoms with Gasteiger partial charge in [-0.1, -0.05) is 50.1 Å². The molecule has 0 fully saturated rings. The molecule has 0 amide bonds. The minimum atomic E-state index is 0.291. The number of ether oxygens (including phenoxy) is 1. The van der Waals surface area contributed by atoms with Crippen LogP contribution in [0.2, 0.25) is 0 Å². The standard InChI is InChI=1S/C12H16Br2O/c1-9(15-2)7-10(8-13)11-5-3-4-6-12(11)14/h3-6,9-10H,7-8H2,1-2H3. The summed E-state index contributed by atoms with van der Waals surface area (Å²) in [6.45, 7) is 2.10. The van der Waals surface area contributed by atoms with E-state index < -0.39 is 0 Å². The highest BCUT2D eigenvalue weighted by molar-refractivity contribution is 9.10. The number of rotatable bonds is 5. The van der Waals surface area contributed by atoms with E-state index in [2.05, 4.69) is 57.0 Å². The Labute approximate surface area is 108 Å². The monoisotopic (exact) mass is 334 g/mol. The van der Waals surface area contributed by atoms with Crippen molar-refractivity contribution in [1.29, 1.82) is 0 Å². The fourth-order valence-corrected chi connectivity index (χ4v) is 2.80. The molecule has 0 saturated heterocycles. The highest BCUT2D eigenvalue weighted by Crippen LogP contribution is 2.30. The third kappa shape index (κ3) is 3.89. The Morgan fingerprint density at radius 1 is 1.33 bits per heavy atom. The van der Waals surface area contributed by atoms with Crippen LogP contribution in [0.3, 0.4) is 0 Å². The summed E-state index contributed by atoms with van der Waals surface area (Å²) in [7, 11) is 1.76. The summed E-state index contributed by atoms with van der Waals surface area (Å²) in [5.41, 5.74) is 1.35. The summed E-state index contributed by atoms with van der Waals surface area (Å²) in [6.07, 6.45) is 1.32. The molecule has 1 aromatic rings. The molecule has 84 valence electrons. The fourth-order valence-electron chi connectivity index (χ4n) is 1.58. The van der Waals surface area contributed by atoms with Crippen LogP contribution in [0.4, 0.5) is 0 Å². The Morgan fingerprint density at radius 3 is 2.53 bits per heavy atom. The molecule has 0 aromatic heterocycles. The molecule has 0 aliphatic rings. The molecule has 0 N–H and O–H groups in total. The lowest BCUT2D eigenvalue weighted by Gasteiger charge is -2.19. The Hall–Kier alpha value is 0.140. The van der Waals surface area contributed by atoms with Crippen molar-refractivity contribution >= 4 is 31.9 Å². The number of hydrogen-bond donors (Lipinski definition) is 0. The van der Waals surface area contributed by atoms with Gasteiger partial charge in [-0.2, -0.15) is 0 Å². The van der Waals surface area contributed by atoms with Gasteiger partial charge in [-0.15, -0.1) is 0 Å². The summed E-state index contributed by atoms with van der Waals surface area (Å²) in [5, 5.41) is 0.962. The molecule has 1 nitrogen and oxygen atoms in total. The van der Waals surface area contributed by atoms with Crippen LogP contribution in [-0.2, 0) is 4.74 Å². The van der Waals surface area contributed by atoms with Gasteiger partial charge in [0.1, 0.15) is 0 Å². The first-order chi connectivity index (χ1) is 7.19. The molecule has 0 heterocycles. The second kappa shape index (κ2) is 6.66. The molecule has 2 atom stereocenters. The first-order valence-electron chi connectivity index (χ1n) is 5.02. The van der Waals surface area contributed by atoms with Gasteiger partial charge in [0.2, 0.25) is 0 Å². The molecular formula is C12H16Br2O. The molecule has 0 spiro atoms. The molecule has 2 unspecified atom stereocenters. The van der Waals surface area contributed by atoms with E-state index >= 15 is 0 Å². The van der Waals surface area contributed by atoms with Crippen molar-refractivity contribution in [2.24, 2.45) is 0 Å². The third-order valence-corrected chi connectivity index (χ3v) is 4.05. The first kappa shape index (κ1) is 13.2. The Balaban J connectivity index is 2.78. The van der Waals surface area contributed by atoms with Gasteiger partial charge in [-0.3, -0.25) is 0 Å². The van der Waals surface area contributed by atoms with Crippen LogP contribution >= 0.6 is 31.9 Å². The van der Waals surface area contributed by atoms with Crippen LogP contribution in [0.15, 0.2) is 28.7 Å². The van der Waals surface area contributed by atoms with Crippen molar-refractivity contribution in [3.8, 4) is 0 Å². The van der Waals surface area contributed by atoms with Crippen molar-refractivity contribution in [1.82, 2.24) is 0 Å². The minimum absolute atomic E-state index is 0.291. The molecule has 1 aromatic carbocycles. The SMILES string of the molecule is COC(C)CC(CBr)c1ccccc1Br. The van der Waals surface area contributed by atoms with E-state index in [0.29, 0.717) is 12.0 Å². The minimum Gasteiger partial charge on any atom is -0.382 e. The van der Waals surface area contributed by atoms with Gasteiger partial charge in [0.15, 0.2) is 0 Å². The Morgan fingerprint density at radius 2 is 2.00 bits per heavy atom. The maximum atomic E-state index is 5.31. The van der Waals surface area contributed by atoms with Crippen molar-refractivity contribution < 1.29 is 4.74 Å². The Kier molecular flexibility index (Phi) is 5.87. The predicted octanol–water partition coefficient (Wildman–Crippen LogP) is 4.35. The first-order valence-corrected chi connectivity index (χ1v) is 6.93. The zero-order valence-corrected chi connectivity index (χ0v) is 12.2. The van der Waals surface area contributed by atoms with E-state index in [9.17, 15) is 0 Å². The number of alkyl halides is 1. The molecule has 1 rings (SSSR count). The average Bonchev–Trinajstić information content (AvgIpc) is 2.26. The topological polar surface area (TPSA) is 9.23 Å². The van der Waals surface area contributed by atoms with Crippen molar-refractivity contribution in [2.45, 2.75) is 25.4 Å². The molecule has 0 bridgehead atoms. The van der Waals surface area contributed by atoms with Gasteiger partial charge in [0.05, 0.1) is 6.10 Å². The molecular weight excluding hydrogens is 320 g/mol. The lowest BCUT2D eigenvalue weighted by atomic mass is 9.95. The van der Waals surface area contributed by atoms with Crippen molar-refractivity contribution in [3.05, 3.63) is 34.3 Å². The quantitative estimate of drug-likeness (QED) is 0.727. The summed E-state index contributed by atoms with van der Waals surface area (Å²) < 4.78 is 6.49. The van der Waals surface area contributed by atoms with Crippen molar-refractivity contribution in [3.63, 3.8) is 0 Å². The van der Waals surface area contributed by atoms with E-state index in [1.54, 1.807) is 7.11 Å². The van der Waals surface area contributed by atoms with Crippen LogP contribution < -0.4 is 0 Å². The number of benzene rings is 1. The second-order valence-electron chi connectivity index (χ2n) is 3.65. The zero-order chi connectivity index (χ0) is 11.3. The molecule has 0 aliphatic carbocycles. The fraction of sp³-hybridized carbons (Fsp3) is 0.500. The second-order valence-corrected chi connectivity index (χ2v) is 5.16. The number of methoxy groups -OCH3 is 1.